The van der Waals surface area contributed by atoms with E-state index < -0.39 is 5.54 Å². The van der Waals surface area contributed by atoms with Gasteiger partial charge in [0.25, 0.3) is 0 Å². The third kappa shape index (κ3) is 2.26. The molecule has 2 aliphatic heterocycles. The number of carbonyl (C=O) groups is 1. The van der Waals surface area contributed by atoms with E-state index in [-0.39, 0.29) is 11.8 Å². The second-order valence-electron chi connectivity index (χ2n) is 7.18. The number of fused-ring (bicyclic) bond motifs is 1. The molecule has 5 rings (SSSR count). The summed E-state index contributed by atoms with van der Waals surface area (Å²) in [5.74, 6) is 1.10. The number of aldehydes is 1. The van der Waals surface area contributed by atoms with Crippen molar-refractivity contribution in [1.29, 1.82) is 0 Å². The topological polar surface area (TPSA) is 53.8 Å². The number of nitrogens with one attached hydrogen (secondary N) is 1. The lowest BCUT2D eigenvalue weighted by atomic mass is 9.98. The van der Waals surface area contributed by atoms with E-state index in [1.165, 1.54) is 11.1 Å². The van der Waals surface area contributed by atoms with Crippen molar-refractivity contribution in [3.63, 3.8) is 0 Å². The summed E-state index contributed by atoms with van der Waals surface area (Å²) in [5, 5.41) is 3.53. The molecule has 2 aromatic rings. The van der Waals surface area contributed by atoms with Crippen LogP contribution in [-0.4, -0.2) is 23.9 Å². The summed E-state index contributed by atoms with van der Waals surface area (Å²) in [6.07, 6.45) is 8.38. The van der Waals surface area contributed by atoms with Crippen molar-refractivity contribution in [2.75, 3.05) is 5.32 Å². The van der Waals surface area contributed by atoms with Crippen LogP contribution in [0.5, 0.6) is 0 Å². The first-order valence-corrected chi connectivity index (χ1v) is 9.13. The summed E-state index contributed by atoms with van der Waals surface area (Å²) in [6.45, 7) is 2.12. The number of benzene rings is 2. The van der Waals surface area contributed by atoms with Crippen molar-refractivity contribution in [2.24, 2.45) is 21.8 Å². The smallest absolute Gasteiger partial charge is 0.146 e. The van der Waals surface area contributed by atoms with Crippen molar-refractivity contribution in [1.82, 2.24) is 0 Å². The molecule has 3 unspecified atom stereocenters. The van der Waals surface area contributed by atoms with Gasteiger partial charge in [0.15, 0.2) is 0 Å². The molecule has 1 spiro atoms. The van der Waals surface area contributed by atoms with Crippen molar-refractivity contribution < 1.29 is 4.79 Å². The predicted molar refractivity (Wildman–Crippen MR) is 109 cm³/mol. The minimum atomic E-state index is -0.449. The van der Waals surface area contributed by atoms with Gasteiger partial charge in [-0.05, 0) is 35.8 Å². The number of carbonyl (C=O) groups excluding carboxylic acids is 1. The third-order valence-corrected chi connectivity index (χ3v) is 5.83. The van der Waals surface area contributed by atoms with Gasteiger partial charge in [-0.25, -0.2) is 4.99 Å². The molecule has 0 bridgehead atoms. The van der Waals surface area contributed by atoms with Crippen LogP contribution < -0.4 is 5.32 Å². The van der Waals surface area contributed by atoms with E-state index >= 15 is 0 Å². The average molecular weight is 353 g/mol. The number of hydrogen-bond acceptors (Lipinski definition) is 4. The van der Waals surface area contributed by atoms with Gasteiger partial charge in [-0.2, -0.15) is 0 Å². The molecule has 0 radical (unpaired) electrons. The molecule has 3 aliphatic rings. The molecule has 4 nitrogen and oxygen atoms in total. The van der Waals surface area contributed by atoms with Crippen LogP contribution in [0.2, 0.25) is 0 Å². The summed E-state index contributed by atoms with van der Waals surface area (Å²) in [6, 6.07) is 16.6. The van der Waals surface area contributed by atoms with Crippen LogP contribution >= 0.6 is 0 Å². The van der Waals surface area contributed by atoms with Gasteiger partial charge in [0.1, 0.15) is 17.7 Å². The Morgan fingerprint density at radius 3 is 2.78 bits per heavy atom. The Hall–Kier alpha value is -3.27. The number of hydrogen-bond donors (Lipinski definition) is 1. The van der Waals surface area contributed by atoms with Crippen molar-refractivity contribution in [3.8, 4) is 11.1 Å². The predicted octanol–water partition coefficient (Wildman–Crippen LogP) is 4.19. The van der Waals surface area contributed by atoms with E-state index in [1.807, 2.05) is 30.5 Å². The first-order chi connectivity index (χ1) is 13.3. The highest BCUT2D eigenvalue weighted by atomic mass is 16.1. The second kappa shape index (κ2) is 5.88. The summed E-state index contributed by atoms with van der Waals surface area (Å²) in [4.78, 5) is 20.8. The molecule has 1 saturated carbocycles. The molecule has 27 heavy (non-hydrogen) atoms. The fourth-order valence-electron chi connectivity index (χ4n) is 4.39. The number of nitrogens with zero attached hydrogens (tertiary/aromatic N) is 2. The molecule has 1 N–H and O–H groups in total. The maximum absolute atomic E-state index is 11.4. The van der Waals surface area contributed by atoms with Gasteiger partial charge in [-0.1, -0.05) is 48.5 Å². The number of rotatable bonds is 3. The summed E-state index contributed by atoms with van der Waals surface area (Å²) in [7, 11) is 0. The molecule has 1 aliphatic carbocycles. The molecule has 2 heterocycles. The lowest BCUT2D eigenvalue weighted by Crippen LogP contribution is -2.34. The minimum absolute atomic E-state index is 0.0858. The van der Waals surface area contributed by atoms with E-state index in [2.05, 4.69) is 53.6 Å². The van der Waals surface area contributed by atoms with Gasteiger partial charge in [-0.15, -0.1) is 0 Å². The second-order valence-corrected chi connectivity index (χ2v) is 7.18. The summed E-state index contributed by atoms with van der Waals surface area (Å²) in [5.41, 5.74) is 4.90. The first-order valence-electron chi connectivity index (χ1n) is 9.13. The molecule has 4 heteroatoms. The highest BCUT2D eigenvalue weighted by Gasteiger charge is 2.70. The number of anilines is 1. The Labute approximate surface area is 158 Å². The van der Waals surface area contributed by atoms with Crippen LogP contribution in [0.3, 0.4) is 0 Å². The lowest BCUT2D eigenvalue weighted by molar-refractivity contribution is -0.105. The minimum Gasteiger partial charge on any atom is -0.341 e. The summed E-state index contributed by atoms with van der Waals surface area (Å²) >= 11 is 0. The quantitative estimate of drug-likeness (QED) is 0.841. The Kier molecular flexibility index (Phi) is 3.47. The van der Waals surface area contributed by atoms with E-state index in [0.717, 1.165) is 28.9 Å². The van der Waals surface area contributed by atoms with Gasteiger partial charge in [-0.3, -0.25) is 9.79 Å². The molecule has 0 aromatic heterocycles. The molecule has 2 aromatic carbocycles. The fraction of sp³-hybridized carbons (Fsp3) is 0.174. The maximum Gasteiger partial charge on any atom is 0.146 e. The number of dihydropyridines is 1. The van der Waals surface area contributed by atoms with Crippen LogP contribution in [0.15, 0.2) is 82.4 Å². The Morgan fingerprint density at radius 1 is 1.11 bits per heavy atom. The molecular weight excluding hydrogens is 334 g/mol. The Morgan fingerprint density at radius 2 is 1.96 bits per heavy atom. The van der Waals surface area contributed by atoms with Crippen LogP contribution in [0.1, 0.15) is 5.56 Å². The zero-order chi connectivity index (χ0) is 18.4. The van der Waals surface area contributed by atoms with Crippen LogP contribution in [0.4, 0.5) is 5.69 Å². The van der Waals surface area contributed by atoms with Crippen LogP contribution in [-0.2, 0) is 4.79 Å². The zero-order valence-electron chi connectivity index (χ0n) is 15.0. The van der Waals surface area contributed by atoms with Crippen molar-refractivity contribution >= 4 is 24.0 Å². The highest BCUT2D eigenvalue weighted by Crippen LogP contribution is 2.61. The Bertz CT molecular complexity index is 1050. The Balaban J connectivity index is 1.51. The van der Waals surface area contributed by atoms with E-state index in [0.29, 0.717) is 0 Å². The van der Waals surface area contributed by atoms with Gasteiger partial charge in [0.2, 0.25) is 0 Å². The van der Waals surface area contributed by atoms with E-state index in [9.17, 15) is 4.79 Å². The van der Waals surface area contributed by atoms with E-state index in [1.54, 1.807) is 6.21 Å². The van der Waals surface area contributed by atoms with Crippen LogP contribution in [0.25, 0.3) is 11.1 Å². The normalized spacial score (nSPS) is 27.1. The van der Waals surface area contributed by atoms with Crippen LogP contribution in [0, 0.1) is 18.8 Å². The third-order valence-electron chi connectivity index (χ3n) is 5.83. The number of allylic oxidation sites excluding steroid dienone is 1. The number of aliphatic imine (C=N–C) groups is 2. The van der Waals surface area contributed by atoms with Crippen molar-refractivity contribution in [2.45, 2.75) is 12.5 Å². The molecule has 0 amide bonds. The van der Waals surface area contributed by atoms with Gasteiger partial charge < -0.3 is 5.32 Å². The molecule has 1 fully saturated rings. The molecule has 0 saturated heterocycles. The highest BCUT2D eigenvalue weighted by molar-refractivity contribution is 6.11. The fourth-order valence-corrected chi connectivity index (χ4v) is 4.39. The molecule has 132 valence electrons. The molecule has 3 atom stereocenters. The summed E-state index contributed by atoms with van der Waals surface area (Å²) < 4.78 is 0. The van der Waals surface area contributed by atoms with Gasteiger partial charge >= 0.3 is 0 Å². The van der Waals surface area contributed by atoms with E-state index in [4.69, 9.17) is 4.99 Å². The van der Waals surface area contributed by atoms with Gasteiger partial charge in [0.05, 0.1) is 0 Å². The van der Waals surface area contributed by atoms with Gasteiger partial charge in [0, 0.05) is 35.5 Å². The average Bonchev–Trinajstić information content (AvgIpc) is 3.41. The molecular formula is C23H19N3O. The standard InChI is InChI=1S/C23H19N3O/c1-15-18(16-6-3-2-4-7-16)8-5-9-20(15)26-22-23-19(11-12-24-22)21(23)17(14-27)10-13-25-23/h2-14,19,21H,1H3,(H,24,26). The van der Waals surface area contributed by atoms with Crippen molar-refractivity contribution in [3.05, 3.63) is 78.0 Å². The monoisotopic (exact) mass is 353 g/mol. The maximum atomic E-state index is 11.4. The largest absolute Gasteiger partial charge is 0.341 e. The SMILES string of the molecule is Cc1c(NC2=NC=CC3C4C(C=O)=CC=NC234)cccc1-c1ccccc1. The first kappa shape index (κ1) is 15.9. The number of amidine groups is 1. The lowest BCUT2D eigenvalue weighted by Gasteiger charge is -2.22. The zero-order valence-corrected chi connectivity index (χ0v) is 15.0.